The van der Waals surface area contributed by atoms with Crippen LogP contribution < -0.4 is 10.2 Å². The summed E-state index contributed by atoms with van der Waals surface area (Å²) in [4.78, 5) is 7.17. The molecule has 0 bridgehead atoms. The van der Waals surface area contributed by atoms with Crippen molar-refractivity contribution in [3.05, 3.63) is 30.1 Å². The van der Waals surface area contributed by atoms with Crippen molar-refractivity contribution in [1.82, 2.24) is 14.7 Å². The van der Waals surface area contributed by atoms with Crippen LogP contribution in [0.1, 0.15) is 25.5 Å². The van der Waals surface area contributed by atoms with E-state index in [2.05, 4.69) is 20.8 Å². The molecule has 1 aliphatic rings. The van der Waals surface area contributed by atoms with Gasteiger partial charge in [0.25, 0.3) is 0 Å². The monoisotopic (exact) mass is 288 g/mol. The fraction of sp³-hybridized carbons (Fsp3) is 0.562. The van der Waals surface area contributed by atoms with E-state index in [0.29, 0.717) is 5.92 Å². The fourth-order valence-electron chi connectivity index (χ4n) is 3.21. The Hall–Kier alpha value is -1.59. The number of hydrogen-bond acceptors (Lipinski definition) is 4. The number of rotatable bonds is 4. The maximum Gasteiger partial charge on any atom is 0.152 e. The lowest BCUT2D eigenvalue weighted by atomic mass is 9.92. The molecule has 1 atom stereocenters. The second kappa shape index (κ2) is 6.03. The minimum absolute atomic E-state index is 0.204. The van der Waals surface area contributed by atoms with Gasteiger partial charge in [0.05, 0.1) is 11.8 Å². The summed E-state index contributed by atoms with van der Waals surface area (Å²) in [5, 5.41) is 13.0. The van der Waals surface area contributed by atoms with Gasteiger partial charge in [-0.2, -0.15) is 0 Å². The van der Waals surface area contributed by atoms with Gasteiger partial charge in [0.1, 0.15) is 5.65 Å². The summed E-state index contributed by atoms with van der Waals surface area (Å²) in [7, 11) is 1.96. The zero-order valence-electron chi connectivity index (χ0n) is 12.8. The molecule has 1 fully saturated rings. The lowest BCUT2D eigenvalue weighted by Gasteiger charge is -2.34. The molecule has 1 aliphatic heterocycles. The van der Waals surface area contributed by atoms with E-state index in [4.69, 9.17) is 4.98 Å². The van der Waals surface area contributed by atoms with Gasteiger partial charge in [-0.05, 0) is 44.9 Å². The van der Waals surface area contributed by atoms with Crippen LogP contribution in [0, 0.1) is 5.92 Å². The molecule has 1 unspecified atom stereocenters. The maximum absolute atomic E-state index is 9.74. The molecule has 0 amide bonds. The molecule has 1 saturated heterocycles. The average molecular weight is 288 g/mol. The highest BCUT2D eigenvalue weighted by atomic mass is 16.3. The molecular formula is C16H24N4O. The third kappa shape index (κ3) is 2.76. The van der Waals surface area contributed by atoms with Crippen molar-refractivity contribution in [2.75, 3.05) is 25.0 Å². The normalized spacial score (nSPS) is 18.3. The minimum Gasteiger partial charge on any atom is -0.393 e. The molecule has 0 aromatic carbocycles. The lowest BCUT2D eigenvalue weighted by Crippen LogP contribution is -2.37. The molecule has 0 aliphatic carbocycles. The molecule has 5 nitrogen and oxygen atoms in total. The highest BCUT2D eigenvalue weighted by molar-refractivity contribution is 5.56. The molecule has 0 saturated carbocycles. The zero-order chi connectivity index (χ0) is 14.8. The molecule has 0 radical (unpaired) electrons. The van der Waals surface area contributed by atoms with Crippen molar-refractivity contribution in [3.8, 4) is 0 Å². The number of piperidine rings is 1. The first-order chi connectivity index (χ1) is 10.2. The van der Waals surface area contributed by atoms with E-state index < -0.39 is 0 Å². The lowest BCUT2D eigenvalue weighted by molar-refractivity contribution is 0.110. The van der Waals surface area contributed by atoms with E-state index in [-0.39, 0.29) is 6.10 Å². The van der Waals surface area contributed by atoms with Crippen molar-refractivity contribution in [1.29, 1.82) is 0 Å². The molecule has 3 rings (SSSR count). The quantitative estimate of drug-likeness (QED) is 0.898. The Labute approximate surface area is 125 Å². The maximum atomic E-state index is 9.74. The van der Waals surface area contributed by atoms with Gasteiger partial charge in [-0.1, -0.05) is 6.07 Å². The summed E-state index contributed by atoms with van der Waals surface area (Å²) in [5.41, 5.74) is 2.21. The van der Waals surface area contributed by atoms with Crippen LogP contribution in [0.5, 0.6) is 0 Å². The second-order valence-corrected chi connectivity index (χ2v) is 5.91. The van der Waals surface area contributed by atoms with Gasteiger partial charge in [-0.3, -0.25) is 0 Å². The Morgan fingerprint density at radius 2 is 2.14 bits per heavy atom. The summed E-state index contributed by atoms with van der Waals surface area (Å²) in [5.74, 6) is 1.51. The largest absolute Gasteiger partial charge is 0.393 e. The number of aromatic nitrogens is 2. The summed E-state index contributed by atoms with van der Waals surface area (Å²) < 4.78 is 2.16. The third-order valence-corrected chi connectivity index (χ3v) is 4.47. The Balaban J connectivity index is 1.88. The van der Waals surface area contributed by atoms with Crippen molar-refractivity contribution in [2.24, 2.45) is 5.92 Å². The zero-order valence-corrected chi connectivity index (χ0v) is 12.8. The Kier molecular flexibility index (Phi) is 4.12. The van der Waals surface area contributed by atoms with Crippen LogP contribution in [-0.2, 0) is 6.54 Å². The van der Waals surface area contributed by atoms with Crippen molar-refractivity contribution in [3.63, 3.8) is 0 Å². The van der Waals surface area contributed by atoms with E-state index in [1.54, 1.807) is 0 Å². The van der Waals surface area contributed by atoms with Crippen LogP contribution in [-0.4, -0.2) is 40.7 Å². The van der Waals surface area contributed by atoms with E-state index in [9.17, 15) is 5.11 Å². The van der Waals surface area contributed by atoms with E-state index in [0.717, 1.165) is 43.9 Å². The molecule has 21 heavy (non-hydrogen) atoms. The highest BCUT2D eigenvalue weighted by Crippen LogP contribution is 2.28. The Bertz CT molecular complexity index is 599. The number of hydrogen-bond donors (Lipinski definition) is 2. The van der Waals surface area contributed by atoms with Gasteiger partial charge in [0, 0.05) is 25.8 Å². The molecule has 2 N–H and O–H groups in total. The molecule has 5 heteroatoms. The summed E-state index contributed by atoms with van der Waals surface area (Å²) in [6, 6.07) is 6.11. The van der Waals surface area contributed by atoms with Crippen LogP contribution in [0.15, 0.2) is 24.4 Å². The number of imidazole rings is 1. The number of anilines is 1. The van der Waals surface area contributed by atoms with Crippen molar-refractivity contribution in [2.45, 2.75) is 32.4 Å². The average Bonchev–Trinajstić information content (AvgIpc) is 2.87. The number of aliphatic hydroxyl groups is 1. The van der Waals surface area contributed by atoms with E-state index in [1.807, 2.05) is 32.2 Å². The molecule has 0 spiro atoms. The molecule has 2 aromatic heterocycles. The van der Waals surface area contributed by atoms with Gasteiger partial charge < -0.3 is 19.7 Å². The highest BCUT2D eigenvalue weighted by Gasteiger charge is 2.26. The molecule has 114 valence electrons. The molecule has 2 aromatic rings. The third-order valence-electron chi connectivity index (χ3n) is 4.47. The molecular weight excluding hydrogens is 264 g/mol. The minimum atomic E-state index is -0.204. The van der Waals surface area contributed by atoms with Gasteiger partial charge in [-0.25, -0.2) is 4.98 Å². The van der Waals surface area contributed by atoms with Crippen LogP contribution >= 0.6 is 0 Å². The number of fused-ring (bicyclic) bond motifs is 1. The predicted octanol–water partition coefficient (Wildman–Crippen LogP) is 1.65. The van der Waals surface area contributed by atoms with E-state index >= 15 is 0 Å². The van der Waals surface area contributed by atoms with Crippen molar-refractivity contribution < 1.29 is 5.11 Å². The Morgan fingerprint density at radius 1 is 1.38 bits per heavy atom. The Morgan fingerprint density at radius 3 is 2.81 bits per heavy atom. The van der Waals surface area contributed by atoms with Gasteiger partial charge in [-0.15, -0.1) is 0 Å². The second-order valence-electron chi connectivity index (χ2n) is 5.91. The first kappa shape index (κ1) is 14.4. The topological polar surface area (TPSA) is 52.8 Å². The first-order valence-corrected chi connectivity index (χ1v) is 7.74. The standard InChI is InChI=1S/C16H24N4O/c1-12(21)13-6-9-19(10-7-13)16-14(11-17-2)20-8-4-3-5-15(20)18-16/h3-5,8,12-13,17,21H,6-7,9-11H2,1-2H3. The number of nitrogens with one attached hydrogen (secondary N) is 1. The fourth-order valence-corrected chi connectivity index (χ4v) is 3.21. The van der Waals surface area contributed by atoms with Crippen molar-refractivity contribution >= 4 is 11.5 Å². The summed E-state index contributed by atoms with van der Waals surface area (Å²) in [6.07, 6.45) is 3.93. The van der Waals surface area contributed by atoms with Gasteiger partial charge in [0.2, 0.25) is 0 Å². The SMILES string of the molecule is CNCc1c(N2CCC(C(C)O)CC2)nc2ccccn12. The van der Waals surface area contributed by atoms with Crippen LogP contribution in [0.4, 0.5) is 5.82 Å². The van der Waals surface area contributed by atoms with Crippen LogP contribution in [0.3, 0.4) is 0 Å². The smallest absolute Gasteiger partial charge is 0.152 e. The van der Waals surface area contributed by atoms with E-state index in [1.165, 1.54) is 5.69 Å². The first-order valence-electron chi connectivity index (χ1n) is 7.74. The predicted molar refractivity (Wildman–Crippen MR) is 84.6 cm³/mol. The van der Waals surface area contributed by atoms with Gasteiger partial charge >= 0.3 is 0 Å². The number of aliphatic hydroxyl groups excluding tert-OH is 1. The van der Waals surface area contributed by atoms with Crippen LogP contribution in [0.25, 0.3) is 5.65 Å². The summed E-state index contributed by atoms with van der Waals surface area (Å²) >= 11 is 0. The van der Waals surface area contributed by atoms with Gasteiger partial charge in [0.15, 0.2) is 5.82 Å². The van der Waals surface area contributed by atoms with Crippen LogP contribution in [0.2, 0.25) is 0 Å². The number of nitrogens with zero attached hydrogens (tertiary/aromatic N) is 3. The number of pyridine rings is 1. The molecule has 3 heterocycles. The summed E-state index contributed by atoms with van der Waals surface area (Å²) in [6.45, 7) is 4.64.